The molecule has 1 atom stereocenters. The molecule has 1 aromatic heterocycles. The summed E-state index contributed by atoms with van der Waals surface area (Å²) in [6.45, 7) is 7.76. The number of thioether (sulfide) groups is 1. The molecule has 0 saturated carbocycles. The number of nitrogens with zero attached hydrogens (tertiary/aromatic N) is 2. The van der Waals surface area contributed by atoms with Gasteiger partial charge in [-0.1, -0.05) is 23.9 Å². The van der Waals surface area contributed by atoms with Gasteiger partial charge in [0.15, 0.2) is 5.16 Å². The summed E-state index contributed by atoms with van der Waals surface area (Å²) in [6, 6.07) is 4.87. The molecule has 0 radical (unpaired) electrons. The Bertz CT molecular complexity index is 816. The Labute approximate surface area is 163 Å². The van der Waals surface area contributed by atoms with Crippen LogP contribution in [0.3, 0.4) is 0 Å². The fraction of sp³-hybridized carbons (Fsp3) is 0.500. The third kappa shape index (κ3) is 5.11. The van der Waals surface area contributed by atoms with E-state index in [1.54, 1.807) is 19.1 Å². The Balaban J connectivity index is 1.55. The largest absolute Gasteiger partial charge is 0.376 e. The molecule has 1 fully saturated rings. The molecular weight excluding hydrogens is 365 g/mol. The average Bonchev–Trinajstić information content (AvgIpc) is 3.25. The highest BCUT2D eigenvalue weighted by Crippen LogP contribution is 2.24. The molecule has 0 spiro atoms. The van der Waals surface area contributed by atoms with Gasteiger partial charge >= 0.3 is 0 Å². The first kappa shape index (κ1) is 19.9. The van der Waals surface area contributed by atoms with E-state index in [1.165, 1.54) is 17.8 Å². The lowest BCUT2D eigenvalue weighted by Gasteiger charge is -2.14. The van der Waals surface area contributed by atoms with Crippen LogP contribution >= 0.6 is 11.8 Å². The van der Waals surface area contributed by atoms with Crippen molar-refractivity contribution in [2.45, 2.75) is 58.0 Å². The van der Waals surface area contributed by atoms with Gasteiger partial charge in [-0.15, -0.1) is 0 Å². The lowest BCUT2D eigenvalue weighted by molar-refractivity contribution is -0.118. The number of hydrogen-bond acceptors (Lipinski definition) is 4. The first-order valence-corrected chi connectivity index (χ1v) is 10.2. The predicted octanol–water partition coefficient (Wildman–Crippen LogP) is 3.53. The number of rotatable bonds is 7. The Morgan fingerprint density at radius 1 is 1.41 bits per heavy atom. The van der Waals surface area contributed by atoms with Crippen LogP contribution in [-0.2, 0) is 22.6 Å². The van der Waals surface area contributed by atoms with E-state index in [0.29, 0.717) is 17.9 Å². The van der Waals surface area contributed by atoms with Gasteiger partial charge in [-0.3, -0.25) is 4.79 Å². The third-order valence-electron chi connectivity index (χ3n) is 4.88. The van der Waals surface area contributed by atoms with E-state index >= 15 is 0 Å². The van der Waals surface area contributed by atoms with E-state index in [9.17, 15) is 9.18 Å². The summed E-state index contributed by atoms with van der Waals surface area (Å²) >= 11 is 1.44. The van der Waals surface area contributed by atoms with Crippen LogP contribution < -0.4 is 5.32 Å². The van der Waals surface area contributed by atoms with Crippen molar-refractivity contribution < 1.29 is 13.9 Å². The van der Waals surface area contributed by atoms with Gasteiger partial charge in [-0.2, -0.15) is 0 Å². The van der Waals surface area contributed by atoms with E-state index in [1.807, 2.05) is 6.92 Å². The topological polar surface area (TPSA) is 56.2 Å². The molecule has 1 aromatic carbocycles. The van der Waals surface area contributed by atoms with E-state index in [2.05, 4.69) is 21.8 Å². The molecule has 0 bridgehead atoms. The number of amides is 1. The van der Waals surface area contributed by atoms with Crippen LogP contribution in [0.1, 0.15) is 35.4 Å². The molecule has 1 unspecified atom stereocenters. The van der Waals surface area contributed by atoms with Gasteiger partial charge in [0.25, 0.3) is 0 Å². The lowest BCUT2D eigenvalue weighted by Crippen LogP contribution is -2.25. The summed E-state index contributed by atoms with van der Waals surface area (Å²) in [6.07, 6.45) is 2.40. The minimum absolute atomic E-state index is 0.0658. The Hall–Kier alpha value is -1.86. The minimum Gasteiger partial charge on any atom is -0.376 e. The van der Waals surface area contributed by atoms with Crippen molar-refractivity contribution in [3.63, 3.8) is 0 Å². The van der Waals surface area contributed by atoms with Crippen molar-refractivity contribution in [1.29, 1.82) is 0 Å². The molecule has 1 aliphatic rings. The molecule has 1 aliphatic heterocycles. The summed E-state index contributed by atoms with van der Waals surface area (Å²) in [7, 11) is 0. The van der Waals surface area contributed by atoms with E-state index < -0.39 is 0 Å². The standard InChI is InChI=1S/C20H26FN3O2S/c1-13-9-16(6-7-18(13)21)10-22-19(25)12-27-20-23-14(2)15(3)24(20)11-17-5-4-8-26-17/h6-7,9,17H,4-5,8,10-12H2,1-3H3,(H,22,25). The Kier molecular flexibility index (Phi) is 6.55. The van der Waals surface area contributed by atoms with Crippen molar-refractivity contribution in [3.05, 3.63) is 46.5 Å². The number of benzene rings is 1. The van der Waals surface area contributed by atoms with Crippen LogP contribution in [0.5, 0.6) is 0 Å². The van der Waals surface area contributed by atoms with Crippen molar-refractivity contribution in [1.82, 2.24) is 14.9 Å². The quantitative estimate of drug-likeness (QED) is 0.734. The molecular formula is C20H26FN3O2S. The first-order valence-electron chi connectivity index (χ1n) is 9.24. The number of hydrogen-bond donors (Lipinski definition) is 1. The molecule has 2 heterocycles. The summed E-state index contributed by atoms with van der Waals surface area (Å²) < 4.78 is 21.2. The maximum absolute atomic E-state index is 13.3. The third-order valence-corrected chi connectivity index (χ3v) is 5.85. The van der Waals surface area contributed by atoms with Gasteiger partial charge in [-0.25, -0.2) is 9.37 Å². The van der Waals surface area contributed by atoms with Gasteiger partial charge < -0.3 is 14.6 Å². The van der Waals surface area contributed by atoms with Gasteiger partial charge in [0.05, 0.1) is 24.1 Å². The Morgan fingerprint density at radius 2 is 2.22 bits per heavy atom. The molecule has 2 aromatic rings. The second-order valence-electron chi connectivity index (χ2n) is 6.96. The highest BCUT2D eigenvalue weighted by Gasteiger charge is 2.20. The van der Waals surface area contributed by atoms with E-state index in [-0.39, 0.29) is 17.8 Å². The summed E-state index contributed by atoms with van der Waals surface area (Å²) in [5, 5.41) is 3.74. The number of aromatic nitrogens is 2. The molecule has 1 amide bonds. The molecule has 5 nitrogen and oxygen atoms in total. The van der Waals surface area contributed by atoms with Crippen LogP contribution in [0.4, 0.5) is 4.39 Å². The summed E-state index contributed by atoms with van der Waals surface area (Å²) in [4.78, 5) is 16.8. The molecule has 0 aliphatic carbocycles. The van der Waals surface area contributed by atoms with Crippen molar-refractivity contribution >= 4 is 17.7 Å². The fourth-order valence-corrected chi connectivity index (χ4v) is 4.07. The van der Waals surface area contributed by atoms with E-state index in [0.717, 1.165) is 48.1 Å². The summed E-state index contributed by atoms with van der Waals surface area (Å²) in [5.74, 6) is -0.00453. The van der Waals surface area contributed by atoms with Crippen molar-refractivity contribution in [2.24, 2.45) is 0 Å². The monoisotopic (exact) mass is 391 g/mol. The molecule has 146 valence electrons. The highest BCUT2D eigenvalue weighted by molar-refractivity contribution is 7.99. The molecule has 1 N–H and O–H groups in total. The van der Waals surface area contributed by atoms with Crippen LogP contribution in [-0.4, -0.2) is 33.9 Å². The van der Waals surface area contributed by atoms with Gasteiger partial charge in [0, 0.05) is 18.8 Å². The summed E-state index contributed by atoms with van der Waals surface area (Å²) in [5.41, 5.74) is 3.57. The van der Waals surface area contributed by atoms with Crippen molar-refractivity contribution in [2.75, 3.05) is 12.4 Å². The molecule has 27 heavy (non-hydrogen) atoms. The normalized spacial score (nSPS) is 16.7. The van der Waals surface area contributed by atoms with E-state index in [4.69, 9.17) is 4.74 Å². The number of aryl methyl sites for hydroxylation is 2. The number of carbonyl (C=O) groups is 1. The number of ether oxygens (including phenoxy) is 1. The number of imidazole rings is 1. The SMILES string of the molecule is Cc1cc(CNC(=O)CSc2nc(C)c(C)n2CC2CCCO2)ccc1F. The molecule has 1 saturated heterocycles. The van der Waals surface area contributed by atoms with Crippen LogP contribution in [0.15, 0.2) is 23.4 Å². The Morgan fingerprint density at radius 3 is 2.93 bits per heavy atom. The molecule has 3 rings (SSSR count). The number of nitrogens with one attached hydrogen (secondary N) is 1. The fourth-order valence-electron chi connectivity index (χ4n) is 3.14. The lowest BCUT2D eigenvalue weighted by atomic mass is 10.1. The zero-order chi connectivity index (χ0) is 19.4. The highest BCUT2D eigenvalue weighted by atomic mass is 32.2. The number of carbonyl (C=O) groups excluding carboxylic acids is 1. The first-order chi connectivity index (χ1) is 12.9. The number of halogens is 1. The molecule has 7 heteroatoms. The maximum Gasteiger partial charge on any atom is 0.230 e. The predicted molar refractivity (Wildman–Crippen MR) is 104 cm³/mol. The van der Waals surface area contributed by atoms with Gasteiger partial charge in [0.2, 0.25) is 5.91 Å². The smallest absolute Gasteiger partial charge is 0.230 e. The second kappa shape index (κ2) is 8.89. The zero-order valence-corrected chi connectivity index (χ0v) is 16.9. The van der Waals surface area contributed by atoms with Crippen LogP contribution in [0, 0.1) is 26.6 Å². The van der Waals surface area contributed by atoms with Gasteiger partial charge in [-0.05, 0) is 50.8 Å². The van der Waals surface area contributed by atoms with Gasteiger partial charge in [0.1, 0.15) is 5.82 Å². The van der Waals surface area contributed by atoms with Crippen molar-refractivity contribution in [3.8, 4) is 0 Å². The zero-order valence-electron chi connectivity index (χ0n) is 16.0. The minimum atomic E-state index is -0.232. The average molecular weight is 392 g/mol. The maximum atomic E-state index is 13.3. The second-order valence-corrected chi connectivity index (χ2v) is 7.90. The van der Waals surface area contributed by atoms with Crippen LogP contribution in [0.2, 0.25) is 0 Å². The van der Waals surface area contributed by atoms with Crippen LogP contribution in [0.25, 0.3) is 0 Å².